The van der Waals surface area contributed by atoms with Gasteiger partial charge in [-0.05, 0) is 47.6 Å². The Morgan fingerprint density at radius 3 is 2.48 bits per heavy atom. The van der Waals surface area contributed by atoms with Crippen molar-refractivity contribution in [3.05, 3.63) is 66.2 Å². The molecule has 4 heteroatoms. The van der Waals surface area contributed by atoms with Crippen LogP contribution in [-0.4, -0.2) is 35.8 Å². The minimum absolute atomic E-state index is 0.0306. The van der Waals surface area contributed by atoms with E-state index in [9.17, 15) is 15.0 Å². The van der Waals surface area contributed by atoms with E-state index in [4.69, 9.17) is 4.74 Å². The molecule has 164 valence electrons. The van der Waals surface area contributed by atoms with Gasteiger partial charge in [0.05, 0.1) is 11.5 Å². The molecule has 2 N–H and O–H groups in total. The van der Waals surface area contributed by atoms with Crippen LogP contribution >= 0.6 is 0 Å². The highest BCUT2D eigenvalue weighted by molar-refractivity contribution is 5.89. The molecule has 2 aliphatic rings. The maximum atomic E-state index is 13.8. The number of phenols is 1. The number of ketones is 1. The van der Waals surface area contributed by atoms with E-state index in [2.05, 4.69) is 26.5 Å². The molecule has 4 atom stereocenters. The summed E-state index contributed by atoms with van der Waals surface area (Å²) in [7, 11) is 1.67. The van der Waals surface area contributed by atoms with Gasteiger partial charge in [-0.1, -0.05) is 62.4 Å². The molecule has 2 bridgehead atoms. The number of rotatable bonds is 7. The van der Waals surface area contributed by atoms with Crippen molar-refractivity contribution < 1.29 is 19.7 Å². The summed E-state index contributed by atoms with van der Waals surface area (Å²) < 4.78 is 5.88. The summed E-state index contributed by atoms with van der Waals surface area (Å²) in [5.41, 5.74) is 3.09. The molecule has 0 radical (unpaired) electrons. The van der Waals surface area contributed by atoms with E-state index in [1.165, 1.54) is 0 Å². The number of carbonyl (C=O) groups excluding carboxylic acids is 1. The van der Waals surface area contributed by atoms with Crippen molar-refractivity contribution in [3.8, 4) is 16.9 Å². The van der Waals surface area contributed by atoms with Crippen LogP contribution in [0.15, 0.2) is 60.7 Å². The summed E-state index contributed by atoms with van der Waals surface area (Å²) in [6, 6.07) is 15.3. The van der Waals surface area contributed by atoms with E-state index in [0.29, 0.717) is 19.3 Å². The van der Waals surface area contributed by atoms with Gasteiger partial charge in [-0.15, -0.1) is 0 Å². The third kappa shape index (κ3) is 3.24. The predicted molar refractivity (Wildman–Crippen MR) is 122 cm³/mol. The number of phenolic OH excluding ortho intramolecular Hbond substituents is 1. The quantitative estimate of drug-likeness (QED) is 0.632. The molecule has 2 saturated carbocycles. The summed E-state index contributed by atoms with van der Waals surface area (Å²) in [4.78, 5) is 13.8. The average molecular weight is 421 g/mol. The zero-order valence-corrected chi connectivity index (χ0v) is 18.6. The number of aliphatic hydroxyl groups is 1. The molecule has 2 fully saturated rings. The number of aromatic hydroxyl groups is 1. The molecule has 0 aromatic heterocycles. The Hall–Kier alpha value is -2.43. The minimum atomic E-state index is -0.639. The van der Waals surface area contributed by atoms with E-state index in [1.807, 2.05) is 30.3 Å². The first-order valence-electron chi connectivity index (χ1n) is 11.0. The van der Waals surface area contributed by atoms with Crippen molar-refractivity contribution >= 4 is 5.78 Å². The lowest BCUT2D eigenvalue weighted by molar-refractivity contribution is -0.141. The maximum absolute atomic E-state index is 13.8. The number of benzene rings is 2. The molecule has 2 aromatic rings. The summed E-state index contributed by atoms with van der Waals surface area (Å²) >= 11 is 0. The van der Waals surface area contributed by atoms with Gasteiger partial charge in [0.2, 0.25) is 0 Å². The highest BCUT2D eigenvalue weighted by atomic mass is 16.5. The van der Waals surface area contributed by atoms with Crippen molar-refractivity contribution in [2.75, 3.05) is 13.7 Å². The Morgan fingerprint density at radius 1 is 1.16 bits per heavy atom. The Balaban J connectivity index is 1.57. The molecule has 4 nitrogen and oxygen atoms in total. The van der Waals surface area contributed by atoms with Gasteiger partial charge < -0.3 is 14.9 Å². The number of ether oxygens (including phenoxy) is 1. The minimum Gasteiger partial charge on any atom is -0.508 e. The second kappa shape index (κ2) is 7.92. The number of hydrogen-bond donors (Lipinski definition) is 2. The zero-order chi connectivity index (χ0) is 22.4. The monoisotopic (exact) mass is 420 g/mol. The smallest absolute Gasteiger partial charge is 0.142 e. The summed E-state index contributed by atoms with van der Waals surface area (Å²) in [6.45, 7) is 8.59. The van der Waals surface area contributed by atoms with Gasteiger partial charge in [-0.25, -0.2) is 0 Å². The normalized spacial score (nSPS) is 28.8. The van der Waals surface area contributed by atoms with Crippen molar-refractivity contribution in [2.24, 2.45) is 22.7 Å². The Morgan fingerprint density at radius 2 is 1.84 bits per heavy atom. The van der Waals surface area contributed by atoms with Crippen molar-refractivity contribution in [1.82, 2.24) is 0 Å². The van der Waals surface area contributed by atoms with Gasteiger partial charge in [0, 0.05) is 31.5 Å². The molecule has 0 heterocycles. The Kier molecular flexibility index (Phi) is 5.57. The van der Waals surface area contributed by atoms with Crippen LogP contribution in [0.4, 0.5) is 0 Å². The van der Waals surface area contributed by atoms with Crippen LogP contribution in [0.5, 0.6) is 5.75 Å². The third-order valence-corrected chi connectivity index (χ3v) is 7.96. The fourth-order valence-corrected chi connectivity index (χ4v) is 6.21. The molecular weight excluding hydrogens is 388 g/mol. The van der Waals surface area contributed by atoms with E-state index < -0.39 is 5.41 Å². The zero-order valence-electron chi connectivity index (χ0n) is 18.6. The lowest BCUT2D eigenvalue weighted by Gasteiger charge is -2.44. The predicted octanol–water partition coefficient (Wildman–Crippen LogP) is 4.79. The second-order valence-electron chi connectivity index (χ2n) is 9.62. The van der Waals surface area contributed by atoms with Crippen LogP contribution < -0.4 is 0 Å². The van der Waals surface area contributed by atoms with E-state index in [0.717, 1.165) is 22.3 Å². The molecule has 4 unspecified atom stereocenters. The van der Waals surface area contributed by atoms with Gasteiger partial charge in [-0.3, -0.25) is 4.79 Å². The lowest BCUT2D eigenvalue weighted by Crippen LogP contribution is -2.47. The van der Waals surface area contributed by atoms with E-state index >= 15 is 0 Å². The van der Waals surface area contributed by atoms with E-state index in [1.54, 1.807) is 19.2 Å². The third-order valence-electron chi connectivity index (χ3n) is 7.96. The molecular formula is C27H32O4. The molecule has 0 saturated heterocycles. The number of aliphatic hydroxyl groups excluding tert-OH is 1. The van der Waals surface area contributed by atoms with Crippen LogP contribution in [0.1, 0.15) is 32.3 Å². The first-order valence-corrected chi connectivity index (χ1v) is 11.0. The summed E-state index contributed by atoms with van der Waals surface area (Å²) in [5.74, 6) is 0.499. The number of hydrogen-bond acceptors (Lipinski definition) is 4. The summed E-state index contributed by atoms with van der Waals surface area (Å²) in [6.07, 6.45) is 1.49. The number of carbonyl (C=O) groups is 1. The topological polar surface area (TPSA) is 66.8 Å². The van der Waals surface area contributed by atoms with E-state index in [-0.39, 0.29) is 41.5 Å². The van der Waals surface area contributed by atoms with Gasteiger partial charge >= 0.3 is 0 Å². The van der Waals surface area contributed by atoms with Crippen LogP contribution in [0.2, 0.25) is 0 Å². The van der Waals surface area contributed by atoms with Crippen molar-refractivity contribution in [1.29, 1.82) is 0 Å². The number of methoxy groups -OCH3 is 1. The van der Waals surface area contributed by atoms with Gasteiger partial charge in [0.25, 0.3) is 0 Å². The van der Waals surface area contributed by atoms with Gasteiger partial charge in [0.1, 0.15) is 11.5 Å². The van der Waals surface area contributed by atoms with Crippen LogP contribution in [0.3, 0.4) is 0 Å². The second-order valence-corrected chi connectivity index (χ2v) is 9.62. The SMILES string of the molecule is C=C1C2C(CO)CC(C(=O)CCc3cccc(-c4cccc(O)c4)c3)(C2OC)C1(C)C. The van der Waals surface area contributed by atoms with Gasteiger partial charge in [-0.2, -0.15) is 0 Å². The lowest BCUT2D eigenvalue weighted by atomic mass is 9.58. The Labute approximate surface area is 184 Å². The highest BCUT2D eigenvalue weighted by Crippen LogP contribution is 2.69. The number of Topliss-reactive ketones (excluding diaryl/α,β-unsaturated/α-hetero) is 1. The standard InChI is InChI=1S/C27H32O4/c1-17-24-21(16-28)15-27(25(24)31-4,26(17,2)3)23(30)12-11-18-7-5-8-19(13-18)20-9-6-10-22(29)14-20/h5-10,13-14,21,24-25,28-29H,1,11-12,15-16H2,2-4H3. The molecule has 0 amide bonds. The Bertz CT molecular complexity index is 1010. The molecule has 4 rings (SSSR count). The first kappa shape index (κ1) is 21.8. The fraction of sp³-hybridized carbons (Fsp3) is 0.444. The average Bonchev–Trinajstić information content (AvgIpc) is 3.19. The first-order chi connectivity index (χ1) is 14.8. The molecule has 2 aromatic carbocycles. The van der Waals surface area contributed by atoms with Crippen LogP contribution in [0.25, 0.3) is 11.1 Å². The van der Waals surface area contributed by atoms with Crippen molar-refractivity contribution in [3.63, 3.8) is 0 Å². The molecule has 31 heavy (non-hydrogen) atoms. The van der Waals surface area contributed by atoms with Crippen molar-refractivity contribution in [2.45, 2.75) is 39.2 Å². The number of aryl methyl sites for hydroxylation is 1. The number of fused-ring (bicyclic) bond motifs is 2. The molecule has 2 aliphatic carbocycles. The maximum Gasteiger partial charge on any atom is 0.142 e. The molecule has 0 aliphatic heterocycles. The summed E-state index contributed by atoms with van der Waals surface area (Å²) in [5, 5.41) is 19.7. The highest BCUT2D eigenvalue weighted by Gasteiger charge is 2.71. The largest absolute Gasteiger partial charge is 0.508 e. The molecule has 0 spiro atoms. The fourth-order valence-electron chi connectivity index (χ4n) is 6.21. The van der Waals surface area contributed by atoms with Crippen LogP contribution in [-0.2, 0) is 16.0 Å². The van der Waals surface area contributed by atoms with Crippen LogP contribution in [0, 0.1) is 22.7 Å². The van der Waals surface area contributed by atoms with Gasteiger partial charge in [0.15, 0.2) is 0 Å².